The normalized spacial score (nSPS) is 10.7. The van der Waals surface area contributed by atoms with Crippen molar-refractivity contribution < 1.29 is 9.53 Å². The molecule has 0 aliphatic rings. The molecule has 6 heteroatoms. The number of ether oxygens (including phenoxy) is 1. The summed E-state index contributed by atoms with van der Waals surface area (Å²) in [4.78, 5) is 14.0. The van der Waals surface area contributed by atoms with Gasteiger partial charge in [0, 0.05) is 24.5 Å². The lowest BCUT2D eigenvalue weighted by atomic mass is 10.3. The van der Waals surface area contributed by atoms with Crippen LogP contribution in [0.2, 0.25) is 10.0 Å². The molecule has 1 N–H and O–H groups in total. The van der Waals surface area contributed by atoms with Crippen LogP contribution in [0.4, 0.5) is 5.69 Å². The number of halogens is 2. The zero-order valence-electron chi connectivity index (χ0n) is 13.5. The third kappa shape index (κ3) is 6.40. The summed E-state index contributed by atoms with van der Waals surface area (Å²) < 4.78 is 5.63. The standard InChI is InChI=1S/C18H20Cl2N2O2/c1-22(12-13-24-15-8-6-14(19)7-9-15)11-10-18(23)21-17-5-3-2-4-16(17)20/h2-9H,10-13H2,1H3,(H,21,23). The first kappa shape index (κ1) is 18.6. The number of nitrogens with one attached hydrogen (secondary N) is 1. The zero-order valence-corrected chi connectivity index (χ0v) is 15.0. The van der Waals surface area contributed by atoms with E-state index in [1.165, 1.54) is 0 Å². The SMILES string of the molecule is CN(CCOc1ccc(Cl)cc1)CCC(=O)Nc1ccccc1Cl. The summed E-state index contributed by atoms with van der Waals surface area (Å²) in [5.74, 6) is 0.720. The largest absolute Gasteiger partial charge is 0.492 e. The number of hydrogen-bond acceptors (Lipinski definition) is 3. The van der Waals surface area contributed by atoms with Gasteiger partial charge in [0.15, 0.2) is 0 Å². The molecular formula is C18H20Cl2N2O2. The average Bonchev–Trinajstić information content (AvgIpc) is 2.57. The molecule has 24 heavy (non-hydrogen) atoms. The number of rotatable bonds is 8. The molecule has 0 unspecified atom stereocenters. The van der Waals surface area contributed by atoms with E-state index in [4.69, 9.17) is 27.9 Å². The Bertz CT molecular complexity index is 662. The smallest absolute Gasteiger partial charge is 0.225 e. The Labute approximate surface area is 152 Å². The lowest BCUT2D eigenvalue weighted by Crippen LogP contribution is -2.28. The van der Waals surface area contributed by atoms with Crippen molar-refractivity contribution in [3.8, 4) is 5.75 Å². The maximum Gasteiger partial charge on any atom is 0.225 e. The number of carbonyl (C=O) groups is 1. The fraction of sp³-hybridized carbons (Fsp3) is 0.278. The van der Waals surface area contributed by atoms with Gasteiger partial charge in [-0.25, -0.2) is 0 Å². The van der Waals surface area contributed by atoms with Crippen molar-refractivity contribution in [2.24, 2.45) is 0 Å². The molecule has 2 rings (SSSR count). The van der Waals surface area contributed by atoms with Gasteiger partial charge in [0.25, 0.3) is 0 Å². The van der Waals surface area contributed by atoms with Crippen molar-refractivity contribution in [3.63, 3.8) is 0 Å². The van der Waals surface area contributed by atoms with E-state index in [0.717, 1.165) is 12.3 Å². The van der Waals surface area contributed by atoms with Gasteiger partial charge in [0.2, 0.25) is 5.91 Å². The van der Waals surface area contributed by atoms with Gasteiger partial charge in [-0.05, 0) is 43.4 Å². The summed E-state index contributed by atoms with van der Waals surface area (Å²) in [5, 5.41) is 4.03. The second kappa shape index (κ2) is 9.52. The number of carbonyl (C=O) groups excluding carboxylic acids is 1. The summed E-state index contributed by atoms with van der Waals surface area (Å²) in [6.45, 7) is 1.91. The minimum Gasteiger partial charge on any atom is -0.492 e. The van der Waals surface area contributed by atoms with E-state index in [9.17, 15) is 4.79 Å². The van der Waals surface area contributed by atoms with E-state index in [2.05, 4.69) is 5.32 Å². The molecule has 2 aromatic rings. The Kier molecular flexibility index (Phi) is 7.37. The van der Waals surface area contributed by atoms with Crippen LogP contribution in [-0.2, 0) is 4.79 Å². The summed E-state index contributed by atoms with van der Waals surface area (Å²) in [7, 11) is 1.95. The quantitative estimate of drug-likeness (QED) is 0.755. The second-order valence-electron chi connectivity index (χ2n) is 5.38. The first-order valence-corrected chi connectivity index (χ1v) is 8.41. The van der Waals surface area contributed by atoms with E-state index >= 15 is 0 Å². The maximum atomic E-state index is 12.0. The van der Waals surface area contributed by atoms with Gasteiger partial charge in [0.05, 0.1) is 10.7 Å². The highest BCUT2D eigenvalue weighted by molar-refractivity contribution is 6.33. The average molecular weight is 367 g/mol. The molecule has 128 valence electrons. The van der Waals surface area contributed by atoms with E-state index in [-0.39, 0.29) is 5.91 Å². The van der Waals surface area contributed by atoms with E-state index < -0.39 is 0 Å². The maximum absolute atomic E-state index is 12.0. The van der Waals surface area contributed by atoms with Crippen LogP contribution in [0.1, 0.15) is 6.42 Å². The Balaban J connectivity index is 1.65. The van der Waals surface area contributed by atoms with Crippen LogP contribution >= 0.6 is 23.2 Å². The van der Waals surface area contributed by atoms with Gasteiger partial charge in [-0.2, -0.15) is 0 Å². The Hall–Kier alpha value is -1.75. The molecular weight excluding hydrogens is 347 g/mol. The fourth-order valence-corrected chi connectivity index (χ4v) is 2.34. The lowest BCUT2D eigenvalue weighted by molar-refractivity contribution is -0.116. The van der Waals surface area contributed by atoms with Crippen LogP contribution in [0, 0.1) is 0 Å². The van der Waals surface area contributed by atoms with Crippen molar-refractivity contribution >= 4 is 34.8 Å². The van der Waals surface area contributed by atoms with Crippen molar-refractivity contribution in [2.75, 3.05) is 32.1 Å². The molecule has 4 nitrogen and oxygen atoms in total. The van der Waals surface area contributed by atoms with Gasteiger partial charge in [-0.1, -0.05) is 35.3 Å². The molecule has 0 aliphatic heterocycles. The van der Waals surface area contributed by atoms with E-state index in [1.807, 2.05) is 36.2 Å². The topological polar surface area (TPSA) is 41.6 Å². The van der Waals surface area contributed by atoms with Gasteiger partial charge in [-0.3, -0.25) is 4.79 Å². The number of para-hydroxylation sites is 1. The summed E-state index contributed by atoms with van der Waals surface area (Å²) in [5.41, 5.74) is 0.637. The van der Waals surface area contributed by atoms with Crippen LogP contribution in [-0.4, -0.2) is 37.6 Å². The number of benzene rings is 2. The lowest BCUT2D eigenvalue weighted by Gasteiger charge is -2.17. The molecule has 0 radical (unpaired) electrons. The van der Waals surface area contributed by atoms with Crippen LogP contribution in [0.5, 0.6) is 5.75 Å². The number of nitrogens with zero attached hydrogens (tertiary/aromatic N) is 1. The van der Waals surface area contributed by atoms with E-state index in [1.54, 1.807) is 24.3 Å². The van der Waals surface area contributed by atoms with Gasteiger partial charge in [-0.15, -0.1) is 0 Å². The molecule has 2 aromatic carbocycles. The first-order valence-electron chi connectivity index (χ1n) is 7.66. The Morgan fingerprint density at radius 3 is 2.50 bits per heavy atom. The molecule has 0 saturated carbocycles. The Morgan fingerprint density at radius 1 is 1.08 bits per heavy atom. The molecule has 0 aliphatic carbocycles. The molecule has 0 fully saturated rings. The number of anilines is 1. The highest BCUT2D eigenvalue weighted by atomic mass is 35.5. The molecule has 0 aromatic heterocycles. The predicted octanol–water partition coefficient (Wildman–Crippen LogP) is 4.33. The van der Waals surface area contributed by atoms with Gasteiger partial charge >= 0.3 is 0 Å². The van der Waals surface area contributed by atoms with Crippen molar-refractivity contribution in [3.05, 3.63) is 58.6 Å². The molecule has 0 bridgehead atoms. The molecule has 0 saturated heterocycles. The van der Waals surface area contributed by atoms with Crippen LogP contribution in [0.3, 0.4) is 0 Å². The van der Waals surface area contributed by atoms with Crippen LogP contribution in [0.25, 0.3) is 0 Å². The molecule has 0 atom stereocenters. The third-order valence-electron chi connectivity index (χ3n) is 3.42. The summed E-state index contributed by atoms with van der Waals surface area (Å²) >= 11 is 11.8. The monoisotopic (exact) mass is 366 g/mol. The minimum absolute atomic E-state index is 0.0615. The second-order valence-corrected chi connectivity index (χ2v) is 6.23. The highest BCUT2D eigenvalue weighted by Gasteiger charge is 2.07. The highest BCUT2D eigenvalue weighted by Crippen LogP contribution is 2.20. The Morgan fingerprint density at radius 2 is 1.79 bits per heavy atom. The first-order chi connectivity index (χ1) is 11.5. The summed E-state index contributed by atoms with van der Waals surface area (Å²) in [6.07, 6.45) is 0.392. The van der Waals surface area contributed by atoms with Crippen molar-refractivity contribution in [1.29, 1.82) is 0 Å². The number of amides is 1. The number of likely N-dealkylation sites (N-methyl/N-ethyl adjacent to an activating group) is 1. The number of hydrogen-bond donors (Lipinski definition) is 1. The van der Waals surface area contributed by atoms with Crippen molar-refractivity contribution in [1.82, 2.24) is 4.90 Å². The molecule has 0 heterocycles. The van der Waals surface area contributed by atoms with Crippen LogP contribution < -0.4 is 10.1 Å². The zero-order chi connectivity index (χ0) is 17.4. The predicted molar refractivity (Wildman–Crippen MR) is 99.1 cm³/mol. The van der Waals surface area contributed by atoms with Gasteiger partial charge in [0.1, 0.15) is 12.4 Å². The third-order valence-corrected chi connectivity index (χ3v) is 4.01. The summed E-state index contributed by atoms with van der Waals surface area (Å²) in [6, 6.07) is 14.4. The van der Waals surface area contributed by atoms with Crippen molar-refractivity contribution in [2.45, 2.75) is 6.42 Å². The van der Waals surface area contributed by atoms with Gasteiger partial charge < -0.3 is 15.0 Å². The van der Waals surface area contributed by atoms with Crippen LogP contribution in [0.15, 0.2) is 48.5 Å². The molecule has 1 amide bonds. The fourth-order valence-electron chi connectivity index (χ4n) is 2.03. The van der Waals surface area contributed by atoms with E-state index in [0.29, 0.717) is 35.3 Å². The molecule has 0 spiro atoms. The minimum atomic E-state index is -0.0615.